The molecule has 1 aromatic heterocycles. The largest absolute Gasteiger partial charge is 0.481 e. The third-order valence-electron chi connectivity index (χ3n) is 3.15. The van der Waals surface area contributed by atoms with Gasteiger partial charge in [-0.05, 0) is 0 Å². The summed E-state index contributed by atoms with van der Waals surface area (Å²) in [6.45, 7) is 0.194. The minimum absolute atomic E-state index is 0.0192. The highest BCUT2D eigenvalue weighted by molar-refractivity contribution is 7.91. The predicted molar refractivity (Wildman–Crippen MR) is 75.7 cm³/mol. The van der Waals surface area contributed by atoms with Crippen molar-refractivity contribution in [2.45, 2.75) is 19.0 Å². The Hall–Kier alpha value is -1.52. The first kappa shape index (κ1) is 15.9. The van der Waals surface area contributed by atoms with Crippen LogP contribution in [0.3, 0.4) is 0 Å². The number of nitrogens with two attached hydrogens (primary N) is 1. The van der Waals surface area contributed by atoms with E-state index in [2.05, 4.69) is 4.98 Å². The van der Waals surface area contributed by atoms with Crippen molar-refractivity contribution >= 4 is 33.1 Å². The molecule has 1 aliphatic rings. The Morgan fingerprint density at radius 1 is 1.52 bits per heavy atom. The Morgan fingerprint density at radius 3 is 2.81 bits per heavy atom. The molecule has 1 unspecified atom stereocenters. The highest BCUT2D eigenvalue weighted by Gasteiger charge is 2.36. The van der Waals surface area contributed by atoms with E-state index in [9.17, 15) is 18.0 Å². The van der Waals surface area contributed by atoms with Crippen molar-refractivity contribution in [3.63, 3.8) is 0 Å². The molecule has 0 saturated carbocycles. The number of thiazole rings is 1. The van der Waals surface area contributed by atoms with E-state index in [-0.39, 0.29) is 30.3 Å². The molecule has 2 rings (SSSR count). The molecule has 1 fully saturated rings. The standard InChI is InChI=1S/C11H15N3O5S2/c12-4-9-13-8(5-20-9)11(17)14-1-2-21(18,19)6-7(14)3-10(15)16/h5,7H,1-4,6,12H2,(H,15,16). The molecule has 116 valence electrons. The molecule has 2 heterocycles. The van der Waals surface area contributed by atoms with Gasteiger partial charge in [-0.15, -0.1) is 11.3 Å². The lowest BCUT2D eigenvalue weighted by Crippen LogP contribution is -2.52. The molecule has 21 heavy (non-hydrogen) atoms. The number of carbonyl (C=O) groups excluding carboxylic acids is 1. The Kier molecular flexibility index (Phi) is 4.59. The van der Waals surface area contributed by atoms with Gasteiger partial charge in [0, 0.05) is 18.5 Å². The molecular formula is C11H15N3O5S2. The van der Waals surface area contributed by atoms with Crippen molar-refractivity contribution < 1.29 is 23.1 Å². The normalized spacial score (nSPS) is 21.2. The summed E-state index contributed by atoms with van der Waals surface area (Å²) < 4.78 is 23.3. The maximum absolute atomic E-state index is 12.4. The lowest BCUT2D eigenvalue weighted by Gasteiger charge is -2.34. The van der Waals surface area contributed by atoms with Gasteiger partial charge in [0.05, 0.1) is 24.0 Å². The van der Waals surface area contributed by atoms with Crippen LogP contribution in [0.5, 0.6) is 0 Å². The summed E-state index contributed by atoms with van der Waals surface area (Å²) in [7, 11) is -3.32. The molecule has 1 aromatic rings. The van der Waals surface area contributed by atoms with Gasteiger partial charge in [-0.25, -0.2) is 13.4 Å². The molecular weight excluding hydrogens is 318 g/mol. The van der Waals surface area contributed by atoms with Crippen molar-refractivity contribution in [3.8, 4) is 0 Å². The zero-order chi connectivity index (χ0) is 15.6. The Labute approximate surface area is 125 Å². The van der Waals surface area contributed by atoms with Gasteiger partial charge in [0.1, 0.15) is 10.7 Å². The fourth-order valence-electron chi connectivity index (χ4n) is 2.17. The average molecular weight is 333 g/mol. The fraction of sp³-hybridized carbons (Fsp3) is 0.545. The maximum atomic E-state index is 12.4. The van der Waals surface area contributed by atoms with Crippen molar-refractivity contribution in [2.24, 2.45) is 5.73 Å². The minimum atomic E-state index is -3.32. The molecule has 10 heteroatoms. The van der Waals surface area contributed by atoms with Crippen LogP contribution in [0, 0.1) is 0 Å². The molecule has 1 saturated heterocycles. The first-order chi connectivity index (χ1) is 9.82. The molecule has 1 aliphatic heterocycles. The van der Waals surface area contributed by atoms with Gasteiger partial charge >= 0.3 is 5.97 Å². The van der Waals surface area contributed by atoms with Crippen molar-refractivity contribution in [1.82, 2.24) is 9.88 Å². The molecule has 0 aliphatic carbocycles. The number of hydrogen-bond acceptors (Lipinski definition) is 7. The number of nitrogens with zero attached hydrogens (tertiary/aromatic N) is 2. The number of aromatic nitrogens is 1. The number of aliphatic carboxylic acids is 1. The predicted octanol–water partition coefficient (Wildman–Crippen LogP) is -0.684. The van der Waals surface area contributed by atoms with Crippen molar-refractivity contribution in [2.75, 3.05) is 18.1 Å². The molecule has 1 atom stereocenters. The lowest BCUT2D eigenvalue weighted by molar-refractivity contribution is -0.138. The number of rotatable bonds is 4. The Morgan fingerprint density at radius 2 is 2.24 bits per heavy atom. The summed E-state index contributed by atoms with van der Waals surface area (Å²) in [5.41, 5.74) is 5.61. The SMILES string of the molecule is NCc1nc(C(=O)N2CCS(=O)(=O)CC2CC(=O)O)cs1. The van der Waals surface area contributed by atoms with Gasteiger partial charge in [0.2, 0.25) is 0 Å². The number of hydrogen-bond donors (Lipinski definition) is 2. The first-order valence-corrected chi connectivity index (χ1v) is 8.90. The molecule has 0 spiro atoms. The maximum Gasteiger partial charge on any atom is 0.305 e. The molecule has 8 nitrogen and oxygen atoms in total. The summed E-state index contributed by atoms with van der Waals surface area (Å²) in [6, 6.07) is -0.864. The summed E-state index contributed by atoms with van der Waals surface area (Å²) >= 11 is 1.24. The van der Waals surface area contributed by atoms with Crippen molar-refractivity contribution in [3.05, 3.63) is 16.1 Å². The number of sulfone groups is 1. The number of carboxylic acids is 1. The Balaban J connectivity index is 2.22. The van der Waals surface area contributed by atoms with Gasteiger partial charge in [-0.1, -0.05) is 0 Å². The zero-order valence-electron chi connectivity index (χ0n) is 11.1. The van der Waals surface area contributed by atoms with E-state index < -0.39 is 34.2 Å². The average Bonchev–Trinajstić information content (AvgIpc) is 2.85. The van der Waals surface area contributed by atoms with Crippen LogP contribution in [0.1, 0.15) is 21.9 Å². The van der Waals surface area contributed by atoms with Crippen LogP contribution >= 0.6 is 11.3 Å². The summed E-state index contributed by atoms with van der Waals surface area (Å²) in [5, 5.41) is 11.0. The summed E-state index contributed by atoms with van der Waals surface area (Å²) in [6.07, 6.45) is -0.404. The smallest absolute Gasteiger partial charge is 0.305 e. The second-order valence-electron chi connectivity index (χ2n) is 4.70. The van der Waals surface area contributed by atoms with Crippen LogP contribution in [-0.2, 0) is 21.2 Å². The van der Waals surface area contributed by atoms with Crippen LogP contribution in [0.2, 0.25) is 0 Å². The van der Waals surface area contributed by atoms with Crippen LogP contribution in [-0.4, -0.2) is 59.4 Å². The van der Waals surface area contributed by atoms with E-state index >= 15 is 0 Å². The van der Waals surface area contributed by atoms with Crippen LogP contribution in [0.25, 0.3) is 0 Å². The summed E-state index contributed by atoms with van der Waals surface area (Å²) in [5.74, 6) is -2.09. The molecule has 1 amide bonds. The number of carboxylic acid groups (broad SMARTS) is 1. The van der Waals surface area contributed by atoms with E-state index in [4.69, 9.17) is 10.8 Å². The van der Waals surface area contributed by atoms with Gasteiger partial charge in [-0.2, -0.15) is 0 Å². The van der Waals surface area contributed by atoms with Crippen LogP contribution < -0.4 is 5.73 Å². The fourth-order valence-corrected chi connectivity index (χ4v) is 4.35. The highest BCUT2D eigenvalue weighted by Crippen LogP contribution is 2.19. The molecule has 3 N–H and O–H groups in total. The third kappa shape index (κ3) is 3.77. The van der Waals surface area contributed by atoms with Gasteiger partial charge in [0.25, 0.3) is 5.91 Å². The topological polar surface area (TPSA) is 131 Å². The zero-order valence-corrected chi connectivity index (χ0v) is 12.7. The molecule has 0 radical (unpaired) electrons. The first-order valence-electron chi connectivity index (χ1n) is 6.20. The second-order valence-corrected chi connectivity index (χ2v) is 7.87. The van der Waals surface area contributed by atoms with E-state index in [0.29, 0.717) is 5.01 Å². The monoisotopic (exact) mass is 333 g/mol. The van der Waals surface area contributed by atoms with E-state index in [1.54, 1.807) is 5.38 Å². The van der Waals surface area contributed by atoms with Crippen LogP contribution in [0.15, 0.2) is 5.38 Å². The quantitative estimate of drug-likeness (QED) is 0.746. The highest BCUT2D eigenvalue weighted by atomic mass is 32.2. The van der Waals surface area contributed by atoms with Gasteiger partial charge in [0.15, 0.2) is 9.84 Å². The van der Waals surface area contributed by atoms with Gasteiger partial charge in [-0.3, -0.25) is 9.59 Å². The van der Waals surface area contributed by atoms with Crippen LogP contribution in [0.4, 0.5) is 0 Å². The number of amides is 1. The Bertz CT molecular complexity index is 655. The second kappa shape index (κ2) is 6.08. The lowest BCUT2D eigenvalue weighted by atomic mass is 10.2. The van der Waals surface area contributed by atoms with E-state index in [0.717, 1.165) is 0 Å². The van der Waals surface area contributed by atoms with E-state index in [1.807, 2.05) is 0 Å². The molecule has 0 aromatic carbocycles. The number of carbonyl (C=O) groups is 2. The molecule has 0 bridgehead atoms. The van der Waals surface area contributed by atoms with E-state index in [1.165, 1.54) is 16.2 Å². The van der Waals surface area contributed by atoms with Gasteiger partial charge < -0.3 is 15.7 Å². The minimum Gasteiger partial charge on any atom is -0.481 e. The van der Waals surface area contributed by atoms with Crippen molar-refractivity contribution in [1.29, 1.82) is 0 Å². The summed E-state index contributed by atoms with van der Waals surface area (Å²) in [4.78, 5) is 28.6. The third-order valence-corrected chi connectivity index (χ3v) is 5.72.